The Balaban J connectivity index is 1.49. The number of nitrogens with zero attached hydrogens (tertiary/aromatic N) is 1. The van der Waals surface area contributed by atoms with E-state index in [2.05, 4.69) is 5.32 Å². The van der Waals surface area contributed by atoms with Crippen molar-refractivity contribution < 1.29 is 9.53 Å². The fourth-order valence-electron chi connectivity index (χ4n) is 3.53. The van der Waals surface area contributed by atoms with Gasteiger partial charge in [0, 0.05) is 31.7 Å². The summed E-state index contributed by atoms with van der Waals surface area (Å²) in [7, 11) is 0. The van der Waals surface area contributed by atoms with Gasteiger partial charge in [0.1, 0.15) is 0 Å². The maximum Gasteiger partial charge on any atom is 0.225 e. The van der Waals surface area contributed by atoms with Crippen LogP contribution in [0.3, 0.4) is 0 Å². The Hall–Kier alpha value is -0.610. The summed E-state index contributed by atoms with van der Waals surface area (Å²) < 4.78 is 5.95. The number of likely N-dealkylation sites (tertiary alicyclic amines) is 1. The van der Waals surface area contributed by atoms with Crippen molar-refractivity contribution >= 4 is 5.91 Å². The first-order valence-electron chi connectivity index (χ1n) is 9.30. The third kappa shape index (κ3) is 5.88. The van der Waals surface area contributed by atoms with E-state index in [1.54, 1.807) is 0 Å². The minimum absolute atomic E-state index is 0.126. The van der Waals surface area contributed by atoms with Gasteiger partial charge >= 0.3 is 0 Å². The van der Waals surface area contributed by atoms with Gasteiger partial charge in [-0.25, -0.2) is 0 Å². The average Bonchev–Trinajstić information content (AvgIpc) is 2.55. The van der Waals surface area contributed by atoms with Crippen molar-refractivity contribution in [2.45, 2.75) is 77.4 Å². The van der Waals surface area contributed by atoms with Crippen molar-refractivity contribution in [2.24, 2.45) is 5.92 Å². The van der Waals surface area contributed by atoms with Crippen molar-refractivity contribution in [2.75, 3.05) is 26.2 Å². The summed E-state index contributed by atoms with van der Waals surface area (Å²) in [5.74, 6) is 0.431. The van der Waals surface area contributed by atoms with Crippen LogP contribution in [0.4, 0.5) is 0 Å². The van der Waals surface area contributed by atoms with E-state index in [9.17, 15) is 4.79 Å². The number of ether oxygens (including phenoxy) is 1. The molecular weight excluding hydrogens is 276 g/mol. The third-order valence-corrected chi connectivity index (χ3v) is 4.96. The molecule has 0 atom stereocenters. The van der Waals surface area contributed by atoms with Crippen molar-refractivity contribution in [3.05, 3.63) is 0 Å². The van der Waals surface area contributed by atoms with E-state index in [-0.39, 0.29) is 5.92 Å². The molecule has 0 aromatic carbocycles. The summed E-state index contributed by atoms with van der Waals surface area (Å²) in [6.45, 7) is 7.72. The Labute approximate surface area is 136 Å². The third-order valence-electron chi connectivity index (χ3n) is 4.96. The van der Waals surface area contributed by atoms with Crippen LogP contribution in [0.25, 0.3) is 0 Å². The second kappa shape index (κ2) is 9.51. The monoisotopic (exact) mass is 310 g/mol. The molecule has 0 bridgehead atoms. The smallest absolute Gasteiger partial charge is 0.225 e. The van der Waals surface area contributed by atoms with Crippen LogP contribution in [-0.2, 0) is 9.53 Å². The number of hydrogen-bond donors (Lipinski definition) is 1. The van der Waals surface area contributed by atoms with Gasteiger partial charge in [-0.15, -0.1) is 0 Å². The molecule has 0 spiro atoms. The number of piperidine rings is 1. The van der Waals surface area contributed by atoms with Gasteiger partial charge in [0.05, 0.1) is 6.10 Å². The first kappa shape index (κ1) is 17.7. The van der Waals surface area contributed by atoms with Crippen LogP contribution in [0.2, 0.25) is 0 Å². The lowest BCUT2D eigenvalue weighted by atomic mass is 9.98. The maximum absolute atomic E-state index is 11.9. The standard InChI is InChI=1S/C18H34N2O2/c1-15(2)18(21)20-12-9-16(10-13-20)19-11-6-14-22-17-7-4-3-5-8-17/h15-17,19H,3-14H2,1-2H3. The molecule has 0 radical (unpaired) electrons. The van der Waals surface area contributed by atoms with Crippen LogP contribution in [0.15, 0.2) is 0 Å². The lowest BCUT2D eigenvalue weighted by Gasteiger charge is -2.33. The summed E-state index contributed by atoms with van der Waals surface area (Å²) >= 11 is 0. The van der Waals surface area contributed by atoms with Crippen LogP contribution < -0.4 is 5.32 Å². The number of hydrogen-bond acceptors (Lipinski definition) is 3. The summed E-state index contributed by atoms with van der Waals surface area (Å²) in [6, 6.07) is 0.575. The van der Waals surface area contributed by atoms with E-state index in [0.29, 0.717) is 18.1 Å². The topological polar surface area (TPSA) is 41.6 Å². The largest absolute Gasteiger partial charge is 0.378 e. The molecule has 1 saturated heterocycles. The molecule has 2 aliphatic rings. The highest BCUT2D eigenvalue weighted by Crippen LogP contribution is 2.20. The number of nitrogens with one attached hydrogen (secondary N) is 1. The quantitative estimate of drug-likeness (QED) is 0.735. The predicted octanol–water partition coefficient (Wildman–Crippen LogP) is 2.96. The van der Waals surface area contributed by atoms with Gasteiger partial charge in [-0.1, -0.05) is 33.1 Å². The predicted molar refractivity (Wildman–Crippen MR) is 89.9 cm³/mol. The lowest BCUT2D eigenvalue weighted by molar-refractivity contribution is -0.135. The molecule has 1 aliphatic heterocycles. The fourth-order valence-corrected chi connectivity index (χ4v) is 3.53. The SMILES string of the molecule is CC(C)C(=O)N1CCC(NCCCOC2CCCCC2)CC1. The zero-order valence-electron chi connectivity index (χ0n) is 14.5. The minimum Gasteiger partial charge on any atom is -0.378 e. The molecule has 0 aromatic heterocycles. The Morgan fingerprint density at radius 2 is 1.82 bits per heavy atom. The molecule has 22 heavy (non-hydrogen) atoms. The number of carbonyl (C=O) groups is 1. The molecule has 2 rings (SSSR count). The van der Waals surface area contributed by atoms with Crippen LogP contribution in [0.1, 0.15) is 65.2 Å². The molecule has 1 amide bonds. The van der Waals surface area contributed by atoms with Crippen molar-refractivity contribution in [3.8, 4) is 0 Å². The number of rotatable bonds is 7. The van der Waals surface area contributed by atoms with Gasteiger partial charge < -0.3 is 15.0 Å². The molecule has 0 aromatic rings. The molecular formula is C18H34N2O2. The van der Waals surface area contributed by atoms with Gasteiger partial charge in [0.2, 0.25) is 5.91 Å². The first-order valence-corrected chi connectivity index (χ1v) is 9.30. The highest BCUT2D eigenvalue weighted by atomic mass is 16.5. The maximum atomic E-state index is 11.9. The van der Waals surface area contributed by atoms with Crippen molar-refractivity contribution in [1.82, 2.24) is 10.2 Å². The Bertz CT molecular complexity index is 319. The molecule has 4 heteroatoms. The van der Waals surface area contributed by atoms with Crippen molar-refractivity contribution in [3.63, 3.8) is 0 Å². The number of amides is 1. The van der Waals surface area contributed by atoms with Gasteiger partial charge in [-0.05, 0) is 38.6 Å². The van der Waals surface area contributed by atoms with E-state index in [0.717, 1.165) is 45.5 Å². The van der Waals surface area contributed by atoms with E-state index < -0.39 is 0 Å². The Kier molecular flexibility index (Phi) is 7.67. The van der Waals surface area contributed by atoms with E-state index in [4.69, 9.17) is 4.74 Å². The normalized spacial score (nSPS) is 21.5. The zero-order chi connectivity index (χ0) is 15.8. The molecule has 0 unspecified atom stereocenters. The van der Waals surface area contributed by atoms with Gasteiger partial charge in [0.15, 0.2) is 0 Å². The summed E-state index contributed by atoms with van der Waals surface area (Å²) in [5.41, 5.74) is 0. The highest BCUT2D eigenvalue weighted by molar-refractivity contribution is 5.78. The van der Waals surface area contributed by atoms with E-state index in [1.807, 2.05) is 18.7 Å². The molecule has 1 aliphatic carbocycles. The first-order chi connectivity index (χ1) is 10.7. The van der Waals surface area contributed by atoms with Crippen molar-refractivity contribution in [1.29, 1.82) is 0 Å². The molecule has 4 nitrogen and oxygen atoms in total. The molecule has 128 valence electrons. The summed E-state index contributed by atoms with van der Waals surface area (Å²) in [6.07, 6.45) is 10.4. The van der Waals surface area contributed by atoms with Gasteiger partial charge in [-0.3, -0.25) is 4.79 Å². The Morgan fingerprint density at radius 3 is 2.45 bits per heavy atom. The van der Waals surface area contributed by atoms with Gasteiger partial charge in [0.25, 0.3) is 0 Å². The molecule has 1 heterocycles. The Morgan fingerprint density at radius 1 is 1.14 bits per heavy atom. The second-order valence-corrected chi connectivity index (χ2v) is 7.19. The molecule has 1 saturated carbocycles. The average molecular weight is 310 g/mol. The molecule has 2 fully saturated rings. The zero-order valence-corrected chi connectivity index (χ0v) is 14.5. The summed E-state index contributed by atoms with van der Waals surface area (Å²) in [5, 5.41) is 3.63. The number of carbonyl (C=O) groups excluding carboxylic acids is 1. The van der Waals surface area contributed by atoms with E-state index in [1.165, 1.54) is 32.1 Å². The van der Waals surface area contributed by atoms with Gasteiger partial charge in [-0.2, -0.15) is 0 Å². The highest BCUT2D eigenvalue weighted by Gasteiger charge is 2.23. The van der Waals surface area contributed by atoms with Crippen LogP contribution >= 0.6 is 0 Å². The lowest BCUT2D eigenvalue weighted by Crippen LogP contribution is -2.46. The van der Waals surface area contributed by atoms with Crippen LogP contribution in [0.5, 0.6) is 0 Å². The minimum atomic E-state index is 0.126. The van der Waals surface area contributed by atoms with Crippen LogP contribution in [0, 0.1) is 5.92 Å². The summed E-state index contributed by atoms with van der Waals surface area (Å²) in [4.78, 5) is 14.0. The van der Waals surface area contributed by atoms with Crippen LogP contribution in [-0.4, -0.2) is 49.2 Å². The van der Waals surface area contributed by atoms with E-state index >= 15 is 0 Å². The second-order valence-electron chi connectivity index (χ2n) is 7.19. The fraction of sp³-hybridized carbons (Fsp3) is 0.944. The molecule has 1 N–H and O–H groups in total.